The Morgan fingerprint density at radius 1 is 0.964 bits per heavy atom. The quantitative estimate of drug-likeness (QED) is 0.461. The van der Waals surface area contributed by atoms with Crippen molar-refractivity contribution in [1.82, 2.24) is 9.97 Å². The molecule has 140 valence electrons. The zero-order chi connectivity index (χ0) is 19.3. The third kappa shape index (κ3) is 4.00. The minimum atomic E-state index is -0.489. The number of aromatic amines is 1. The van der Waals surface area contributed by atoms with E-state index in [4.69, 9.17) is 21.1 Å². The van der Waals surface area contributed by atoms with Crippen LogP contribution in [0.1, 0.15) is 21.7 Å². The number of halogens is 1. The highest BCUT2D eigenvalue weighted by molar-refractivity contribution is 6.38. The summed E-state index contributed by atoms with van der Waals surface area (Å²) in [6.07, 6.45) is 1.73. The molecule has 2 aromatic carbocycles. The van der Waals surface area contributed by atoms with Gasteiger partial charge in [0.05, 0.1) is 10.7 Å². The standard InChI is InChI=1S/C22H17ClN2O3/c23-20-18-6-1-2-7-19(18)25-21(20)22(26)28-13-15-8-10-17(11-9-15)27-14-16-5-3-4-12-24-16/h1-12,25H,13-14H2. The molecule has 2 aromatic heterocycles. The minimum Gasteiger partial charge on any atom is -0.487 e. The van der Waals surface area contributed by atoms with Crippen molar-refractivity contribution in [2.75, 3.05) is 0 Å². The number of hydrogen-bond acceptors (Lipinski definition) is 4. The molecule has 4 aromatic rings. The molecule has 0 spiro atoms. The molecule has 0 saturated heterocycles. The van der Waals surface area contributed by atoms with E-state index >= 15 is 0 Å². The Kier molecular flexibility index (Phi) is 5.26. The van der Waals surface area contributed by atoms with E-state index in [0.717, 1.165) is 27.9 Å². The first-order valence-electron chi connectivity index (χ1n) is 8.76. The maximum Gasteiger partial charge on any atom is 0.356 e. The molecule has 1 N–H and O–H groups in total. The van der Waals surface area contributed by atoms with E-state index in [-0.39, 0.29) is 12.3 Å². The number of para-hydroxylation sites is 1. The first kappa shape index (κ1) is 18.1. The molecule has 0 atom stereocenters. The van der Waals surface area contributed by atoms with Crippen LogP contribution < -0.4 is 4.74 Å². The number of pyridine rings is 1. The number of ether oxygens (including phenoxy) is 2. The number of benzene rings is 2. The maximum absolute atomic E-state index is 12.4. The Morgan fingerprint density at radius 2 is 1.75 bits per heavy atom. The lowest BCUT2D eigenvalue weighted by Gasteiger charge is -2.07. The summed E-state index contributed by atoms with van der Waals surface area (Å²) in [5, 5.41) is 1.17. The van der Waals surface area contributed by atoms with E-state index in [1.165, 1.54) is 0 Å². The molecule has 0 unspecified atom stereocenters. The highest BCUT2D eigenvalue weighted by atomic mass is 35.5. The Balaban J connectivity index is 1.35. The van der Waals surface area contributed by atoms with Gasteiger partial charge in [-0.1, -0.05) is 48.0 Å². The highest BCUT2D eigenvalue weighted by Crippen LogP contribution is 2.27. The SMILES string of the molecule is O=C(OCc1ccc(OCc2ccccn2)cc1)c1[nH]c2ccccc2c1Cl. The molecule has 0 bridgehead atoms. The van der Waals surface area contributed by atoms with Gasteiger partial charge in [0.25, 0.3) is 0 Å². The van der Waals surface area contributed by atoms with E-state index in [9.17, 15) is 4.79 Å². The topological polar surface area (TPSA) is 64.2 Å². The Hall–Kier alpha value is -3.31. The normalized spacial score (nSPS) is 10.8. The van der Waals surface area contributed by atoms with E-state index in [1.54, 1.807) is 6.20 Å². The number of nitrogens with zero attached hydrogens (tertiary/aromatic N) is 1. The van der Waals surface area contributed by atoms with Gasteiger partial charge in [0.15, 0.2) is 0 Å². The van der Waals surface area contributed by atoms with Crippen molar-refractivity contribution in [3.05, 3.63) is 94.9 Å². The molecule has 28 heavy (non-hydrogen) atoms. The molecule has 6 heteroatoms. The summed E-state index contributed by atoms with van der Waals surface area (Å²) in [4.78, 5) is 19.6. The highest BCUT2D eigenvalue weighted by Gasteiger charge is 2.17. The van der Waals surface area contributed by atoms with Gasteiger partial charge in [-0.25, -0.2) is 4.79 Å². The van der Waals surface area contributed by atoms with Crippen molar-refractivity contribution in [2.45, 2.75) is 13.2 Å². The number of carbonyl (C=O) groups excluding carboxylic acids is 1. The van der Waals surface area contributed by atoms with E-state index < -0.39 is 5.97 Å². The van der Waals surface area contributed by atoms with Crippen LogP contribution in [0.4, 0.5) is 0 Å². The molecule has 0 saturated carbocycles. The molecule has 0 aliphatic heterocycles. The van der Waals surface area contributed by atoms with Crippen molar-refractivity contribution in [1.29, 1.82) is 0 Å². The van der Waals surface area contributed by atoms with Crippen LogP contribution in [0, 0.1) is 0 Å². The summed E-state index contributed by atoms with van der Waals surface area (Å²) in [6, 6.07) is 20.5. The van der Waals surface area contributed by atoms with Crippen LogP contribution in [0.3, 0.4) is 0 Å². The summed E-state index contributed by atoms with van der Waals surface area (Å²) >= 11 is 6.29. The van der Waals surface area contributed by atoms with Crippen LogP contribution in [0.15, 0.2) is 72.9 Å². The number of rotatable bonds is 6. The average molecular weight is 393 g/mol. The fourth-order valence-corrected chi connectivity index (χ4v) is 3.08. The first-order valence-corrected chi connectivity index (χ1v) is 9.13. The molecule has 0 amide bonds. The van der Waals surface area contributed by atoms with Gasteiger partial charge < -0.3 is 14.5 Å². The van der Waals surface area contributed by atoms with Crippen molar-refractivity contribution in [2.24, 2.45) is 0 Å². The molecule has 0 aliphatic carbocycles. The molecular weight excluding hydrogens is 376 g/mol. The molecule has 2 heterocycles. The second kappa shape index (κ2) is 8.15. The monoisotopic (exact) mass is 392 g/mol. The van der Waals surface area contributed by atoms with Gasteiger partial charge in [-0.3, -0.25) is 4.98 Å². The number of fused-ring (bicyclic) bond motifs is 1. The van der Waals surface area contributed by atoms with Gasteiger partial charge in [0, 0.05) is 17.1 Å². The van der Waals surface area contributed by atoms with E-state index in [0.29, 0.717) is 11.6 Å². The van der Waals surface area contributed by atoms with Gasteiger partial charge in [-0.2, -0.15) is 0 Å². The lowest BCUT2D eigenvalue weighted by atomic mass is 10.2. The second-order valence-corrected chi connectivity index (χ2v) is 6.57. The van der Waals surface area contributed by atoms with Gasteiger partial charge >= 0.3 is 5.97 Å². The largest absolute Gasteiger partial charge is 0.487 e. The number of hydrogen-bond donors (Lipinski definition) is 1. The fraction of sp³-hybridized carbons (Fsp3) is 0.0909. The van der Waals surface area contributed by atoms with Gasteiger partial charge in [-0.15, -0.1) is 0 Å². The van der Waals surface area contributed by atoms with Gasteiger partial charge in [0.2, 0.25) is 0 Å². The molecule has 0 aliphatic rings. The minimum absolute atomic E-state index is 0.144. The number of H-pyrrole nitrogens is 1. The molecular formula is C22H17ClN2O3. The summed E-state index contributed by atoms with van der Waals surface area (Å²) in [6.45, 7) is 0.541. The third-order valence-corrected chi connectivity index (χ3v) is 4.65. The predicted molar refractivity (Wildman–Crippen MR) is 107 cm³/mol. The lowest BCUT2D eigenvalue weighted by Crippen LogP contribution is -2.06. The zero-order valence-electron chi connectivity index (χ0n) is 14.9. The predicted octanol–water partition coefficient (Wildman–Crippen LogP) is 5.15. The number of carbonyl (C=O) groups is 1. The van der Waals surface area contributed by atoms with Crippen LogP contribution in [-0.2, 0) is 18.0 Å². The van der Waals surface area contributed by atoms with Crippen LogP contribution >= 0.6 is 11.6 Å². The fourth-order valence-electron chi connectivity index (χ4n) is 2.79. The Labute approximate surface area is 166 Å². The van der Waals surface area contributed by atoms with Crippen molar-refractivity contribution < 1.29 is 14.3 Å². The van der Waals surface area contributed by atoms with Gasteiger partial charge in [-0.05, 0) is 35.9 Å². The molecule has 4 rings (SSSR count). The Morgan fingerprint density at radius 3 is 2.50 bits per heavy atom. The Bertz CT molecular complexity index is 1090. The van der Waals surface area contributed by atoms with Gasteiger partial charge in [0.1, 0.15) is 24.7 Å². The zero-order valence-corrected chi connectivity index (χ0v) is 15.6. The van der Waals surface area contributed by atoms with E-state index in [1.807, 2.05) is 66.7 Å². The lowest BCUT2D eigenvalue weighted by molar-refractivity contribution is 0.0467. The summed E-state index contributed by atoms with van der Waals surface area (Å²) in [7, 11) is 0. The molecule has 0 radical (unpaired) electrons. The summed E-state index contributed by atoms with van der Waals surface area (Å²) in [5.74, 6) is 0.232. The van der Waals surface area contributed by atoms with Crippen molar-refractivity contribution in [3.8, 4) is 5.75 Å². The van der Waals surface area contributed by atoms with Crippen molar-refractivity contribution in [3.63, 3.8) is 0 Å². The summed E-state index contributed by atoms with van der Waals surface area (Å²) < 4.78 is 11.1. The molecule has 5 nitrogen and oxygen atoms in total. The van der Waals surface area contributed by atoms with Crippen LogP contribution in [0.5, 0.6) is 5.75 Å². The average Bonchev–Trinajstić information content (AvgIpc) is 3.09. The third-order valence-electron chi connectivity index (χ3n) is 4.25. The number of nitrogens with one attached hydrogen (secondary N) is 1. The number of esters is 1. The van der Waals surface area contributed by atoms with E-state index in [2.05, 4.69) is 9.97 Å². The maximum atomic E-state index is 12.4. The number of aromatic nitrogens is 2. The summed E-state index contributed by atoms with van der Waals surface area (Å²) in [5.41, 5.74) is 2.77. The van der Waals surface area contributed by atoms with Crippen LogP contribution in [-0.4, -0.2) is 15.9 Å². The van der Waals surface area contributed by atoms with Crippen LogP contribution in [0.25, 0.3) is 10.9 Å². The van der Waals surface area contributed by atoms with Crippen LogP contribution in [0.2, 0.25) is 5.02 Å². The second-order valence-electron chi connectivity index (χ2n) is 6.19. The smallest absolute Gasteiger partial charge is 0.356 e. The van der Waals surface area contributed by atoms with Crippen molar-refractivity contribution >= 4 is 28.5 Å². The molecule has 0 fully saturated rings. The first-order chi connectivity index (χ1) is 13.7.